The van der Waals surface area contributed by atoms with Gasteiger partial charge in [0.25, 0.3) is 0 Å². The SMILES string of the molecule is O[C@@]1(C2=CCCCC2)CCC[C@H]1CC#Cc1ccccc1. The van der Waals surface area contributed by atoms with Crippen molar-refractivity contribution in [1.82, 2.24) is 0 Å². The maximum absolute atomic E-state index is 11.1. The average Bonchev–Trinajstić information content (AvgIpc) is 2.92. The molecule has 1 nitrogen and oxygen atoms in total. The smallest absolute Gasteiger partial charge is 0.0893 e. The van der Waals surface area contributed by atoms with Gasteiger partial charge in [-0.1, -0.05) is 36.1 Å². The van der Waals surface area contributed by atoms with E-state index < -0.39 is 5.60 Å². The van der Waals surface area contributed by atoms with Gasteiger partial charge in [-0.05, 0) is 62.7 Å². The predicted molar refractivity (Wildman–Crippen MR) is 86.8 cm³/mol. The molecule has 0 saturated heterocycles. The van der Waals surface area contributed by atoms with E-state index in [0.717, 1.165) is 44.1 Å². The van der Waals surface area contributed by atoms with E-state index in [1.807, 2.05) is 30.3 Å². The molecule has 0 amide bonds. The minimum atomic E-state index is -0.564. The van der Waals surface area contributed by atoms with Crippen LogP contribution in [0.15, 0.2) is 42.0 Å². The number of allylic oxidation sites excluding steroid dienone is 1. The molecule has 1 aromatic rings. The van der Waals surface area contributed by atoms with Crippen molar-refractivity contribution in [3.05, 3.63) is 47.5 Å². The van der Waals surface area contributed by atoms with Crippen LogP contribution in [0.2, 0.25) is 0 Å². The van der Waals surface area contributed by atoms with E-state index in [1.54, 1.807) is 0 Å². The predicted octanol–water partition coefficient (Wildman–Crippen LogP) is 4.46. The van der Waals surface area contributed by atoms with Gasteiger partial charge in [-0.25, -0.2) is 0 Å². The Morgan fingerprint density at radius 2 is 2.00 bits per heavy atom. The molecule has 0 aromatic heterocycles. The van der Waals surface area contributed by atoms with Crippen molar-refractivity contribution in [1.29, 1.82) is 0 Å². The van der Waals surface area contributed by atoms with E-state index >= 15 is 0 Å². The quantitative estimate of drug-likeness (QED) is 0.626. The maximum atomic E-state index is 11.1. The molecule has 0 aliphatic heterocycles. The van der Waals surface area contributed by atoms with Gasteiger partial charge in [0.05, 0.1) is 5.60 Å². The molecular weight excluding hydrogens is 256 g/mol. The topological polar surface area (TPSA) is 20.2 Å². The summed E-state index contributed by atoms with van der Waals surface area (Å²) in [5.74, 6) is 6.85. The molecule has 0 unspecified atom stereocenters. The number of aliphatic hydroxyl groups is 1. The Kier molecular flexibility index (Phi) is 4.46. The Morgan fingerprint density at radius 1 is 1.14 bits per heavy atom. The summed E-state index contributed by atoms with van der Waals surface area (Å²) in [5.41, 5.74) is 1.81. The summed E-state index contributed by atoms with van der Waals surface area (Å²) in [5, 5.41) is 11.1. The number of hydrogen-bond donors (Lipinski definition) is 1. The lowest BCUT2D eigenvalue weighted by molar-refractivity contribution is 0.0360. The number of rotatable bonds is 2. The van der Waals surface area contributed by atoms with Crippen LogP contribution in [-0.4, -0.2) is 10.7 Å². The summed E-state index contributed by atoms with van der Waals surface area (Å²) < 4.78 is 0. The fraction of sp³-hybridized carbons (Fsp3) is 0.500. The van der Waals surface area contributed by atoms with E-state index in [2.05, 4.69) is 17.9 Å². The largest absolute Gasteiger partial charge is 0.385 e. The Balaban J connectivity index is 1.70. The van der Waals surface area contributed by atoms with Gasteiger partial charge in [0.15, 0.2) is 0 Å². The summed E-state index contributed by atoms with van der Waals surface area (Å²) in [7, 11) is 0. The summed E-state index contributed by atoms with van der Waals surface area (Å²) in [6.45, 7) is 0. The Hall–Kier alpha value is -1.52. The Morgan fingerprint density at radius 3 is 2.76 bits per heavy atom. The lowest BCUT2D eigenvalue weighted by atomic mass is 9.77. The zero-order valence-electron chi connectivity index (χ0n) is 12.6. The van der Waals surface area contributed by atoms with Gasteiger partial charge in [0, 0.05) is 17.9 Å². The van der Waals surface area contributed by atoms with Gasteiger partial charge in [0.1, 0.15) is 0 Å². The highest BCUT2D eigenvalue weighted by Crippen LogP contribution is 2.45. The first kappa shape index (κ1) is 14.4. The fourth-order valence-electron chi connectivity index (χ4n) is 3.78. The lowest BCUT2D eigenvalue weighted by Gasteiger charge is -2.34. The maximum Gasteiger partial charge on any atom is 0.0893 e. The van der Waals surface area contributed by atoms with E-state index in [4.69, 9.17) is 0 Å². The highest BCUT2D eigenvalue weighted by Gasteiger charge is 2.43. The number of benzene rings is 1. The van der Waals surface area contributed by atoms with Gasteiger partial charge in [-0.3, -0.25) is 0 Å². The second-order valence-electron chi connectivity index (χ2n) is 6.36. The van der Waals surface area contributed by atoms with Crippen molar-refractivity contribution in [3.8, 4) is 11.8 Å². The van der Waals surface area contributed by atoms with Crippen LogP contribution >= 0.6 is 0 Å². The van der Waals surface area contributed by atoms with Crippen molar-refractivity contribution in [3.63, 3.8) is 0 Å². The van der Waals surface area contributed by atoms with Gasteiger partial charge in [0.2, 0.25) is 0 Å². The van der Waals surface area contributed by atoms with Crippen molar-refractivity contribution in [2.45, 2.75) is 57.0 Å². The molecule has 0 heterocycles. The third kappa shape index (κ3) is 3.22. The van der Waals surface area contributed by atoms with Crippen LogP contribution in [0.5, 0.6) is 0 Å². The Bertz CT molecular complexity index is 560. The third-order valence-electron chi connectivity index (χ3n) is 4.99. The first-order valence-corrected chi connectivity index (χ1v) is 8.25. The molecule has 110 valence electrons. The summed E-state index contributed by atoms with van der Waals surface area (Å²) in [6, 6.07) is 10.1. The van der Waals surface area contributed by atoms with E-state index in [9.17, 15) is 5.11 Å². The van der Waals surface area contributed by atoms with Crippen LogP contribution in [0.3, 0.4) is 0 Å². The zero-order chi connectivity index (χ0) is 14.5. The van der Waals surface area contributed by atoms with Gasteiger partial charge < -0.3 is 5.11 Å². The summed E-state index contributed by atoms with van der Waals surface area (Å²) in [4.78, 5) is 0. The molecule has 0 bridgehead atoms. The lowest BCUT2D eigenvalue weighted by Crippen LogP contribution is -2.36. The van der Waals surface area contributed by atoms with Crippen LogP contribution in [0.25, 0.3) is 0 Å². The van der Waals surface area contributed by atoms with Crippen LogP contribution in [0, 0.1) is 17.8 Å². The highest BCUT2D eigenvalue weighted by atomic mass is 16.3. The van der Waals surface area contributed by atoms with E-state index in [1.165, 1.54) is 18.4 Å². The minimum Gasteiger partial charge on any atom is -0.385 e. The molecule has 3 rings (SSSR count). The molecule has 0 radical (unpaired) electrons. The molecular formula is C20H24O. The summed E-state index contributed by atoms with van der Waals surface area (Å²) >= 11 is 0. The van der Waals surface area contributed by atoms with Crippen molar-refractivity contribution in [2.75, 3.05) is 0 Å². The van der Waals surface area contributed by atoms with Gasteiger partial charge >= 0.3 is 0 Å². The van der Waals surface area contributed by atoms with E-state index in [-0.39, 0.29) is 0 Å². The molecule has 1 heteroatoms. The first-order valence-electron chi connectivity index (χ1n) is 8.25. The molecule has 21 heavy (non-hydrogen) atoms. The second-order valence-corrected chi connectivity index (χ2v) is 6.36. The molecule has 2 atom stereocenters. The molecule has 2 aliphatic carbocycles. The first-order chi connectivity index (χ1) is 10.3. The third-order valence-corrected chi connectivity index (χ3v) is 4.99. The molecule has 0 spiro atoms. The zero-order valence-corrected chi connectivity index (χ0v) is 12.6. The van der Waals surface area contributed by atoms with Crippen LogP contribution < -0.4 is 0 Å². The van der Waals surface area contributed by atoms with Crippen molar-refractivity contribution < 1.29 is 5.11 Å². The molecule has 1 saturated carbocycles. The highest BCUT2D eigenvalue weighted by molar-refractivity contribution is 5.34. The average molecular weight is 280 g/mol. The second kappa shape index (κ2) is 6.50. The molecule has 1 N–H and O–H groups in total. The Labute approximate surface area is 128 Å². The minimum absolute atomic E-state index is 0.318. The monoisotopic (exact) mass is 280 g/mol. The molecule has 2 aliphatic rings. The van der Waals surface area contributed by atoms with Crippen LogP contribution in [-0.2, 0) is 0 Å². The standard InChI is InChI=1S/C20H24O/c21-20(18-12-5-2-6-13-18)16-8-15-19(20)14-7-11-17-9-3-1-4-10-17/h1,3-4,9-10,12,19,21H,2,5-6,8,13-16H2/t19-,20-/m1/s1. The van der Waals surface area contributed by atoms with E-state index in [0.29, 0.717) is 5.92 Å². The van der Waals surface area contributed by atoms with Gasteiger partial charge in [-0.15, -0.1) is 0 Å². The molecule has 1 aromatic carbocycles. The van der Waals surface area contributed by atoms with Crippen LogP contribution in [0.4, 0.5) is 0 Å². The van der Waals surface area contributed by atoms with Crippen LogP contribution in [0.1, 0.15) is 56.9 Å². The fourth-order valence-corrected chi connectivity index (χ4v) is 3.78. The molecule has 1 fully saturated rings. The normalized spacial score (nSPS) is 28.6. The number of hydrogen-bond acceptors (Lipinski definition) is 1. The van der Waals surface area contributed by atoms with Gasteiger partial charge in [-0.2, -0.15) is 0 Å². The van der Waals surface area contributed by atoms with Crippen molar-refractivity contribution in [2.24, 2.45) is 5.92 Å². The van der Waals surface area contributed by atoms with Crippen molar-refractivity contribution >= 4 is 0 Å². The summed E-state index contributed by atoms with van der Waals surface area (Å²) in [6.07, 6.45) is 11.0.